The Morgan fingerprint density at radius 2 is 1.84 bits per heavy atom. The highest BCUT2D eigenvalue weighted by Gasteiger charge is 2.19. The summed E-state index contributed by atoms with van der Waals surface area (Å²) in [5, 5.41) is 0. The van der Waals surface area contributed by atoms with Gasteiger partial charge in [0.05, 0.1) is 18.0 Å². The van der Waals surface area contributed by atoms with Crippen LogP contribution in [0.3, 0.4) is 0 Å². The van der Waals surface area contributed by atoms with Crippen molar-refractivity contribution in [1.82, 2.24) is 15.0 Å². The van der Waals surface area contributed by atoms with Crippen molar-refractivity contribution in [3.8, 4) is 17.1 Å². The Labute approximate surface area is 147 Å². The van der Waals surface area contributed by atoms with Gasteiger partial charge in [-0.25, -0.2) is 23.7 Å². The molecule has 4 nitrogen and oxygen atoms in total. The van der Waals surface area contributed by atoms with E-state index in [1.165, 1.54) is 12.1 Å². The van der Waals surface area contributed by atoms with Crippen LogP contribution in [0.2, 0.25) is 0 Å². The van der Waals surface area contributed by atoms with Gasteiger partial charge in [-0.15, -0.1) is 0 Å². The van der Waals surface area contributed by atoms with E-state index < -0.39 is 6.43 Å². The molecule has 1 atom stereocenters. The van der Waals surface area contributed by atoms with Crippen molar-refractivity contribution in [2.24, 2.45) is 11.8 Å². The molecule has 25 heavy (non-hydrogen) atoms. The Morgan fingerprint density at radius 1 is 1.12 bits per heavy atom. The predicted octanol–water partition coefficient (Wildman–Crippen LogP) is 5.18. The summed E-state index contributed by atoms with van der Waals surface area (Å²) in [4.78, 5) is 12.3. The van der Waals surface area contributed by atoms with Crippen molar-refractivity contribution in [1.29, 1.82) is 0 Å². The van der Waals surface area contributed by atoms with Gasteiger partial charge in [0.15, 0.2) is 5.82 Å². The van der Waals surface area contributed by atoms with E-state index in [0.717, 1.165) is 6.42 Å². The monoisotopic (exact) mass is 347 g/mol. The lowest BCUT2D eigenvalue weighted by atomic mass is 10.00. The molecule has 0 saturated carbocycles. The maximum Gasteiger partial charge on any atom is 0.284 e. The Hall–Kier alpha value is -2.37. The highest BCUT2D eigenvalue weighted by Crippen LogP contribution is 2.30. The van der Waals surface area contributed by atoms with E-state index in [2.05, 4.69) is 35.4 Å². The first-order chi connectivity index (χ1) is 11.9. The third-order valence-electron chi connectivity index (χ3n) is 3.61. The van der Waals surface area contributed by atoms with Crippen molar-refractivity contribution in [2.75, 3.05) is 6.61 Å². The number of halogens is 2. The molecule has 0 aromatic carbocycles. The Bertz CT molecular complexity index is 720. The van der Waals surface area contributed by atoms with Crippen LogP contribution in [0, 0.1) is 11.8 Å². The molecule has 0 saturated heterocycles. The number of ether oxygens (including phenoxy) is 1. The van der Waals surface area contributed by atoms with Crippen LogP contribution in [0.5, 0.6) is 5.75 Å². The minimum atomic E-state index is -2.73. The van der Waals surface area contributed by atoms with Gasteiger partial charge in [0, 0.05) is 6.20 Å². The fourth-order valence-electron chi connectivity index (χ4n) is 2.60. The van der Waals surface area contributed by atoms with Crippen LogP contribution in [0.1, 0.15) is 45.1 Å². The summed E-state index contributed by atoms with van der Waals surface area (Å²) in [6.45, 7) is 10.3. The lowest BCUT2D eigenvalue weighted by Crippen LogP contribution is -2.12. The van der Waals surface area contributed by atoms with Gasteiger partial charge in [0.25, 0.3) is 6.43 Å². The Kier molecular flexibility index (Phi) is 6.56. The fraction of sp³-hybridized carbons (Fsp3) is 0.421. The number of pyridine rings is 1. The second kappa shape index (κ2) is 8.65. The standard InChI is InChI=1S/C19H23F2N3O/c1-5-17-22-9-8-15(23-17)14-6-7-16(18(24-14)19(20)21)25-11-13(4)10-12(2)3/h5-9,12-13,19H,1,10-11H2,2-4H3. The van der Waals surface area contributed by atoms with E-state index in [-0.39, 0.29) is 17.4 Å². The lowest BCUT2D eigenvalue weighted by molar-refractivity contribution is 0.137. The quantitative estimate of drug-likeness (QED) is 0.660. The van der Waals surface area contributed by atoms with Crippen LogP contribution >= 0.6 is 0 Å². The van der Waals surface area contributed by atoms with Gasteiger partial charge in [-0.1, -0.05) is 27.4 Å². The number of hydrogen-bond donors (Lipinski definition) is 0. The molecule has 0 radical (unpaired) electrons. The van der Waals surface area contributed by atoms with Gasteiger partial charge in [0.2, 0.25) is 0 Å². The molecule has 134 valence electrons. The topological polar surface area (TPSA) is 47.9 Å². The van der Waals surface area contributed by atoms with Gasteiger partial charge in [-0.05, 0) is 42.5 Å². The zero-order chi connectivity index (χ0) is 18.4. The molecule has 2 aromatic rings. The average molecular weight is 347 g/mol. The summed E-state index contributed by atoms with van der Waals surface area (Å²) in [7, 11) is 0. The molecule has 6 heteroatoms. The Morgan fingerprint density at radius 3 is 2.48 bits per heavy atom. The van der Waals surface area contributed by atoms with Crippen molar-refractivity contribution < 1.29 is 13.5 Å². The molecular formula is C19H23F2N3O. The SMILES string of the molecule is C=Cc1nccc(-c2ccc(OCC(C)CC(C)C)c(C(F)F)n2)n1. The molecule has 2 rings (SSSR count). The molecule has 0 aliphatic heterocycles. The number of rotatable bonds is 8. The van der Waals surface area contributed by atoms with Crippen LogP contribution in [0.15, 0.2) is 31.0 Å². The van der Waals surface area contributed by atoms with E-state index >= 15 is 0 Å². The molecule has 0 fully saturated rings. The molecule has 1 unspecified atom stereocenters. The van der Waals surface area contributed by atoms with Crippen molar-refractivity contribution in [3.63, 3.8) is 0 Å². The third kappa shape index (κ3) is 5.31. The normalized spacial score (nSPS) is 12.4. The first kappa shape index (κ1) is 19.0. The van der Waals surface area contributed by atoms with Crippen LogP contribution in [-0.4, -0.2) is 21.6 Å². The average Bonchev–Trinajstić information content (AvgIpc) is 2.59. The first-order valence-electron chi connectivity index (χ1n) is 8.28. The first-order valence-corrected chi connectivity index (χ1v) is 8.28. The molecule has 0 amide bonds. The van der Waals surface area contributed by atoms with E-state index in [4.69, 9.17) is 4.74 Å². The largest absolute Gasteiger partial charge is 0.491 e. The smallest absolute Gasteiger partial charge is 0.284 e. The second-order valence-corrected chi connectivity index (χ2v) is 6.43. The van der Waals surface area contributed by atoms with E-state index in [1.54, 1.807) is 18.3 Å². The van der Waals surface area contributed by atoms with E-state index in [0.29, 0.717) is 29.7 Å². The third-order valence-corrected chi connectivity index (χ3v) is 3.61. The van der Waals surface area contributed by atoms with Gasteiger partial charge in [0.1, 0.15) is 11.4 Å². The second-order valence-electron chi connectivity index (χ2n) is 6.43. The number of nitrogens with zero attached hydrogens (tertiary/aromatic N) is 3. The maximum atomic E-state index is 13.4. The summed E-state index contributed by atoms with van der Waals surface area (Å²) in [6, 6.07) is 4.78. The zero-order valence-corrected chi connectivity index (χ0v) is 14.7. The highest BCUT2D eigenvalue weighted by molar-refractivity contribution is 5.57. The van der Waals surface area contributed by atoms with Crippen LogP contribution in [-0.2, 0) is 0 Å². The summed E-state index contributed by atoms with van der Waals surface area (Å²) < 4.78 is 32.4. The number of hydrogen-bond acceptors (Lipinski definition) is 4. The van der Waals surface area contributed by atoms with Crippen LogP contribution in [0.25, 0.3) is 17.5 Å². The number of aromatic nitrogens is 3. The van der Waals surface area contributed by atoms with E-state index in [9.17, 15) is 8.78 Å². The molecule has 0 bridgehead atoms. The van der Waals surface area contributed by atoms with Crippen LogP contribution < -0.4 is 4.74 Å². The van der Waals surface area contributed by atoms with E-state index in [1.807, 2.05) is 6.92 Å². The molecule has 0 aliphatic carbocycles. The summed E-state index contributed by atoms with van der Waals surface area (Å²) >= 11 is 0. The minimum Gasteiger partial charge on any atom is -0.491 e. The molecular weight excluding hydrogens is 324 g/mol. The van der Waals surface area contributed by atoms with Crippen molar-refractivity contribution >= 4 is 6.08 Å². The molecule has 2 heterocycles. The maximum absolute atomic E-state index is 13.4. The lowest BCUT2D eigenvalue weighted by Gasteiger charge is -2.17. The van der Waals surface area contributed by atoms with Gasteiger partial charge < -0.3 is 4.74 Å². The minimum absolute atomic E-state index is 0.118. The molecule has 2 aromatic heterocycles. The molecule has 0 aliphatic rings. The molecule has 0 N–H and O–H groups in total. The van der Waals surface area contributed by atoms with Gasteiger partial charge >= 0.3 is 0 Å². The van der Waals surface area contributed by atoms with Crippen molar-refractivity contribution in [3.05, 3.63) is 42.5 Å². The fourth-order valence-corrected chi connectivity index (χ4v) is 2.60. The highest BCUT2D eigenvalue weighted by atomic mass is 19.3. The van der Waals surface area contributed by atoms with Gasteiger partial charge in [-0.3, -0.25) is 0 Å². The summed E-state index contributed by atoms with van der Waals surface area (Å²) in [6.07, 6.45) is 1.28. The summed E-state index contributed by atoms with van der Waals surface area (Å²) in [5.74, 6) is 1.35. The molecule has 0 spiro atoms. The Balaban J connectivity index is 2.23. The van der Waals surface area contributed by atoms with Gasteiger partial charge in [-0.2, -0.15) is 0 Å². The number of alkyl halides is 2. The van der Waals surface area contributed by atoms with Crippen molar-refractivity contribution in [2.45, 2.75) is 33.6 Å². The zero-order valence-electron chi connectivity index (χ0n) is 14.7. The predicted molar refractivity (Wildman–Crippen MR) is 94.4 cm³/mol. The van der Waals surface area contributed by atoms with Crippen LogP contribution in [0.4, 0.5) is 8.78 Å². The summed E-state index contributed by atoms with van der Waals surface area (Å²) in [5.41, 5.74) is 0.447.